The first-order chi connectivity index (χ1) is 13.3. The topological polar surface area (TPSA) is 60.0 Å². The summed E-state index contributed by atoms with van der Waals surface area (Å²) >= 11 is 0. The molecule has 27 heavy (non-hydrogen) atoms. The van der Waals surface area contributed by atoms with Crippen molar-refractivity contribution in [3.63, 3.8) is 0 Å². The first kappa shape index (κ1) is 18.3. The van der Waals surface area contributed by atoms with E-state index < -0.39 is 6.10 Å². The minimum absolute atomic E-state index is 0.0572. The Morgan fingerprint density at radius 1 is 1.11 bits per heavy atom. The van der Waals surface area contributed by atoms with Crippen LogP contribution in [0, 0.1) is 0 Å². The third-order valence-corrected chi connectivity index (χ3v) is 5.12. The van der Waals surface area contributed by atoms with Crippen molar-refractivity contribution in [2.75, 3.05) is 26.3 Å². The van der Waals surface area contributed by atoms with E-state index in [2.05, 4.69) is 29.6 Å². The molecule has 2 aromatic carbocycles. The van der Waals surface area contributed by atoms with Crippen LogP contribution >= 0.6 is 0 Å². The van der Waals surface area contributed by atoms with Gasteiger partial charge in [-0.05, 0) is 42.5 Å². The van der Waals surface area contributed by atoms with Gasteiger partial charge in [0, 0.05) is 13.1 Å². The van der Waals surface area contributed by atoms with Gasteiger partial charge < -0.3 is 24.6 Å². The zero-order valence-corrected chi connectivity index (χ0v) is 15.5. The predicted molar refractivity (Wildman–Crippen MR) is 103 cm³/mol. The van der Waals surface area contributed by atoms with Crippen molar-refractivity contribution >= 4 is 0 Å². The lowest BCUT2D eigenvalue weighted by Gasteiger charge is -2.28. The number of fused-ring (bicyclic) bond motifs is 2. The highest BCUT2D eigenvalue weighted by Gasteiger charge is 2.22. The van der Waals surface area contributed by atoms with Crippen LogP contribution in [-0.2, 0) is 11.2 Å². The van der Waals surface area contributed by atoms with Crippen LogP contribution in [0.4, 0.5) is 0 Å². The van der Waals surface area contributed by atoms with Crippen molar-refractivity contribution in [1.29, 1.82) is 0 Å². The molecule has 0 fully saturated rings. The SMILES string of the molecule is O[C@@H](CNC[C@@H]1COc2ccccc2O1)CO[C@H]1CCCc2ccccc21. The van der Waals surface area contributed by atoms with Gasteiger partial charge in [0.05, 0.1) is 18.8 Å². The van der Waals surface area contributed by atoms with E-state index in [9.17, 15) is 5.11 Å². The van der Waals surface area contributed by atoms with Gasteiger partial charge in [-0.3, -0.25) is 0 Å². The Balaban J connectivity index is 1.18. The maximum absolute atomic E-state index is 10.3. The molecule has 5 heteroatoms. The summed E-state index contributed by atoms with van der Waals surface area (Å²) in [7, 11) is 0. The molecular formula is C22H27NO4. The fraction of sp³-hybridized carbons (Fsp3) is 0.455. The molecule has 0 unspecified atom stereocenters. The van der Waals surface area contributed by atoms with Gasteiger partial charge >= 0.3 is 0 Å². The minimum Gasteiger partial charge on any atom is -0.486 e. The predicted octanol–water partition coefficient (Wildman–Crippen LogP) is 2.87. The Bertz CT molecular complexity index is 751. The van der Waals surface area contributed by atoms with Gasteiger partial charge in [0.25, 0.3) is 0 Å². The summed E-state index contributed by atoms with van der Waals surface area (Å²) in [6.45, 7) is 1.93. The molecule has 0 spiro atoms. The monoisotopic (exact) mass is 369 g/mol. The maximum Gasteiger partial charge on any atom is 0.161 e. The summed E-state index contributed by atoms with van der Waals surface area (Å²) in [6, 6.07) is 16.1. The van der Waals surface area contributed by atoms with Crippen LogP contribution in [0.3, 0.4) is 0 Å². The van der Waals surface area contributed by atoms with Gasteiger partial charge in [-0.1, -0.05) is 36.4 Å². The van der Waals surface area contributed by atoms with E-state index >= 15 is 0 Å². The number of aliphatic hydroxyl groups excluding tert-OH is 1. The summed E-state index contributed by atoms with van der Waals surface area (Å²) in [4.78, 5) is 0. The summed E-state index contributed by atoms with van der Waals surface area (Å²) in [6.07, 6.45) is 2.76. The third-order valence-electron chi connectivity index (χ3n) is 5.12. The van der Waals surface area contributed by atoms with Gasteiger partial charge in [0.2, 0.25) is 0 Å². The van der Waals surface area contributed by atoms with E-state index in [0.29, 0.717) is 26.3 Å². The van der Waals surface area contributed by atoms with Crippen molar-refractivity contribution in [2.45, 2.75) is 37.6 Å². The number of hydrogen-bond acceptors (Lipinski definition) is 5. The van der Waals surface area contributed by atoms with Crippen molar-refractivity contribution in [2.24, 2.45) is 0 Å². The van der Waals surface area contributed by atoms with E-state index in [1.165, 1.54) is 11.1 Å². The normalized spacial score (nSPS) is 22.1. The van der Waals surface area contributed by atoms with Crippen molar-refractivity contribution in [1.82, 2.24) is 5.32 Å². The lowest BCUT2D eigenvalue weighted by Crippen LogP contribution is -2.41. The molecule has 2 aliphatic rings. The van der Waals surface area contributed by atoms with E-state index in [0.717, 1.165) is 30.8 Å². The van der Waals surface area contributed by atoms with Gasteiger partial charge in [-0.25, -0.2) is 0 Å². The van der Waals surface area contributed by atoms with Crippen LogP contribution in [0.25, 0.3) is 0 Å². The zero-order valence-electron chi connectivity index (χ0n) is 15.5. The van der Waals surface area contributed by atoms with Gasteiger partial charge in [0.15, 0.2) is 11.5 Å². The highest BCUT2D eigenvalue weighted by molar-refractivity contribution is 5.40. The second-order valence-corrected chi connectivity index (χ2v) is 7.22. The summed E-state index contributed by atoms with van der Waals surface area (Å²) in [5, 5.41) is 13.5. The number of rotatable bonds is 7. The van der Waals surface area contributed by atoms with Crippen molar-refractivity contribution in [3.05, 3.63) is 59.7 Å². The number of hydrogen-bond donors (Lipinski definition) is 2. The highest BCUT2D eigenvalue weighted by atomic mass is 16.6. The number of aryl methyl sites for hydroxylation is 1. The smallest absolute Gasteiger partial charge is 0.161 e. The minimum atomic E-state index is -0.545. The number of ether oxygens (including phenoxy) is 3. The van der Waals surface area contributed by atoms with E-state index in [-0.39, 0.29) is 12.2 Å². The van der Waals surface area contributed by atoms with Crippen LogP contribution in [0.1, 0.15) is 30.1 Å². The Morgan fingerprint density at radius 3 is 2.85 bits per heavy atom. The van der Waals surface area contributed by atoms with Gasteiger partial charge in [-0.15, -0.1) is 0 Å². The summed E-state index contributed by atoms with van der Waals surface area (Å²) in [5.41, 5.74) is 2.64. The Labute approximate surface area is 160 Å². The standard InChI is InChI=1S/C22H27NO4/c24-17(14-25-20-11-5-7-16-6-1-2-8-19(16)20)12-23-13-18-15-26-21-9-3-4-10-22(21)27-18/h1-4,6,8-10,17-18,20,23-24H,5,7,11-15H2/t17-,18+,20-/m0/s1. The van der Waals surface area contributed by atoms with E-state index in [1.807, 2.05) is 24.3 Å². The molecule has 2 N–H and O–H groups in total. The lowest BCUT2D eigenvalue weighted by atomic mass is 9.89. The number of aliphatic hydroxyl groups is 1. The van der Waals surface area contributed by atoms with Gasteiger partial charge in [0.1, 0.15) is 12.7 Å². The first-order valence-electron chi connectivity index (χ1n) is 9.76. The molecule has 2 aromatic rings. The van der Waals surface area contributed by atoms with Crippen LogP contribution in [-0.4, -0.2) is 43.6 Å². The Hall–Kier alpha value is -2.08. The molecule has 0 amide bonds. The van der Waals surface area contributed by atoms with Crippen molar-refractivity contribution in [3.8, 4) is 11.5 Å². The first-order valence-corrected chi connectivity index (χ1v) is 9.76. The average Bonchev–Trinajstić information content (AvgIpc) is 2.72. The fourth-order valence-electron chi connectivity index (χ4n) is 3.74. The largest absolute Gasteiger partial charge is 0.486 e. The second kappa shape index (κ2) is 8.74. The molecule has 1 aliphatic carbocycles. The summed E-state index contributed by atoms with van der Waals surface area (Å²) in [5.74, 6) is 1.56. The van der Waals surface area contributed by atoms with E-state index in [1.54, 1.807) is 0 Å². The molecule has 0 radical (unpaired) electrons. The molecule has 3 atom stereocenters. The molecule has 1 aliphatic heterocycles. The third kappa shape index (κ3) is 4.61. The van der Waals surface area contributed by atoms with Crippen LogP contribution < -0.4 is 14.8 Å². The second-order valence-electron chi connectivity index (χ2n) is 7.22. The quantitative estimate of drug-likeness (QED) is 0.786. The molecule has 144 valence electrons. The molecule has 0 bridgehead atoms. The molecule has 5 nitrogen and oxygen atoms in total. The van der Waals surface area contributed by atoms with Crippen LogP contribution in [0.5, 0.6) is 11.5 Å². The Kier molecular flexibility index (Phi) is 5.92. The van der Waals surface area contributed by atoms with E-state index in [4.69, 9.17) is 14.2 Å². The Morgan fingerprint density at radius 2 is 1.93 bits per heavy atom. The highest BCUT2D eigenvalue weighted by Crippen LogP contribution is 2.32. The lowest BCUT2D eigenvalue weighted by molar-refractivity contribution is -0.0177. The van der Waals surface area contributed by atoms with Crippen LogP contribution in [0.15, 0.2) is 48.5 Å². The number of para-hydroxylation sites is 2. The molecule has 0 aromatic heterocycles. The number of benzene rings is 2. The molecule has 0 saturated heterocycles. The number of nitrogens with one attached hydrogen (secondary N) is 1. The van der Waals surface area contributed by atoms with Crippen LogP contribution in [0.2, 0.25) is 0 Å². The summed E-state index contributed by atoms with van der Waals surface area (Å²) < 4.78 is 17.6. The molecule has 0 saturated carbocycles. The van der Waals surface area contributed by atoms with Gasteiger partial charge in [-0.2, -0.15) is 0 Å². The van der Waals surface area contributed by atoms with Crippen molar-refractivity contribution < 1.29 is 19.3 Å². The fourth-order valence-corrected chi connectivity index (χ4v) is 3.74. The molecular weight excluding hydrogens is 342 g/mol. The molecule has 1 heterocycles. The average molecular weight is 369 g/mol. The maximum atomic E-state index is 10.3. The zero-order chi connectivity index (χ0) is 18.5. The molecule has 4 rings (SSSR count).